The third kappa shape index (κ3) is 5.69. The Kier molecular flexibility index (Phi) is 7.51. The fourth-order valence-electron chi connectivity index (χ4n) is 5.06. The van der Waals surface area contributed by atoms with Crippen molar-refractivity contribution in [1.29, 1.82) is 0 Å². The summed E-state index contributed by atoms with van der Waals surface area (Å²) in [7, 11) is 3.08. The predicted molar refractivity (Wildman–Crippen MR) is 132 cm³/mol. The normalized spacial score (nSPS) is 23.0. The summed E-state index contributed by atoms with van der Waals surface area (Å²) >= 11 is 1.63. The number of aliphatic hydroxyl groups excluding tert-OH is 1. The van der Waals surface area contributed by atoms with E-state index in [0.29, 0.717) is 12.3 Å². The first kappa shape index (κ1) is 25.6. The fourth-order valence-corrected chi connectivity index (χ4v) is 6.29. The summed E-state index contributed by atoms with van der Waals surface area (Å²) in [4.78, 5) is 36.9. The second-order valence-corrected chi connectivity index (χ2v) is 11.5. The Morgan fingerprint density at radius 1 is 1.20 bits per heavy atom. The van der Waals surface area contributed by atoms with E-state index < -0.39 is 17.7 Å². The summed E-state index contributed by atoms with van der Waals surface area (Å²) in [5, 5.41) is 11.1. The molecule has 2 aliphatic carbocycles. The van der Waals surface area contributed by atoms with E-state index in [1.54, 1.807) is 23.3 Å². The Morgan fingerprint density at radius 3 is 2.57 bits per heavy atom. The number of hydrogen-bond acceptors (Lipinski definition) is 9. The van der Waals surface area contributed by atoms with Crippen LogP contribution in [-0.2, 0) is 20.7 Å². The third-order valence-corrected chi connectivity index (χ3v) is 8.00. The van der Waals surface area contributed by atoms with Gasteiger partial charge in [-0.15, -0.1) is 11.3 Å². The lowest BCUT2D eigenvalue weighted by atomic mass is 9.92. The molecule has 35 heavy (non-hydrogen) atoms. The molecule has 2 aliphatic rings. The average molecular weight is 506 g/mol. The van der Waals surface area contributed by atoms with Crippen molar-refractivity contribution in [2.24, 2.45) is 0 Å². The summed E-state index contributed by atoms with van der Waals surface area (Å²) in [6, 6.07) is 0.115. The van der Waals surface area contributed by atoms with Gasteiger partial charge in [-0.2, -0.15) is 0 Å². The molecule has 192 valence electrons. The predicted octanol–water partition coefficient (Wildman–Crippen LogP) is 4.20. The van der Waals surface area contributed by atoms with Crippen LogP contribution in [0.25, 0.3) is 10.2 Å². The number of methoxy groups -OCH3 is 1. The number of aryl methyl sites for hydroxylation is 1. The molecule has 10 heteroatoms. The van der Waals surface area contributed by atoms with Gasteiger partial charge in [-0.3, -0.25) is 0 Å². The zero-order valence-electron chi connectivity index (χ0n) is 21.1. The minimum atomic E-state index is -1.16. The number of ether oxygens (including phenoxy) is 3. The quantitative estimate of drug-likeness (QED) is 0.582. The molecule has 0 aliphatic heterocycles. The van der Waals surface area contributed by atoms with E-state index in [0.717, 1.165) is 54.3 Å². The Morgan fingerprint density at radius 2 is 1.91 bits per heavy atom. The van der Waals surface area contributed by atoms with E-state index in [4.69, 9.17) is 14.2 Å². The van der Waals surface area contributed by atoms with Crippen LogP contribution in [0, 0.1) is 0 Å². The van der Waals surface area contributed by atoms with Gasteiger partial charge in [0.1, 0.15) is 22.9 Å². The van der Waals surface area contributed by atoms with Gasteiger partial charge in [-0.1, -0.05) is 0 Å². The van der Waals surface area contributed by atoms with E-state index in [1.807, 2.05) is 20.8 Å². The van der Waals surface area contributed by atoms with Crippen molar-refractivity contribution in [3.8, 4) is 5.88 Å². The minimum absolute atomic E-state index is 0.00699. The van der Waals surface area contributed by atoms with Crippen LogP contribution in [0.2, 0.25) is 0 Å². The number of esters is 1. The number of hydrogen-bond donors (Lipinski definition) is 1. The monoisotopic (exact) mass is 505 g/mol. The number of rotatable bonds is 6. The summed E-state index contributed by atoms with van der Waals surface area (Å²) < 4.78 is 16.6. The second kappa shape index (κ2) is 10.3. The molecular formula is C25H35N3O6S. The maximum atomic E-state index is 12.4. The summed E-state index contributed by atoms with van der Waals surface area (Å²) in [5.41, 5.74) is 0.581. The van der Waals surface area contributed by atoms with E-state index in [9.17, 15) is 14.7 Å². The first-order valence-corrected chi connectivity index (χ1v) is 13.0. The first-order chi connectivity index (χ1) is 16.6. The Hall–Kier alpha value is -2.46. The number of thiophene rings is 1. The molecule has 1 amide bonds. The van der Waals surface area contributed by atoms with Crippen molar-refractivity contribution in [1.82, 2.24) is 14.9 Å². The molecule has 1 unspecified atom stereocenters. The highest BCUT2D eigenvalue weighted by molar-refractivity contribution is 7.19. The maximum absolute atomic E-state index is 12.4. The molecule has 0 bridgehead atoms. The SMILES string of the molecule is COC(=O)C(O)C[C@H]1CCc2sc3ncnc(OC4CCC(N(C)C(=O)OC(C)(C)C)CC4)c3c21. The number of carbonyl (C=O) groups is 2. The van der Waals surface area contributed by atoms with Crippen LogP contribution in [0.1, 0.15) is 75.7 Å². The van der Waals surface area contributed by atoms with Gasteiger partial charge in [-0.25, -0.2) is 19.6 Å². The molecule has 0 radical (unpaired) electrons. The van der Waals surface area contributed by atoms with Crippen LogP contribution in [0.15, 0.2) is 6.33 Å². The van der Waals surface area contributed by atoms with Gasteiger partial charge in [-0.05, 0) is 77.2 Å². The van der Waals surface area contributed by atoms with Crippen molar-refractivity contribution in [2.75, 3.05) is 14.2 Å². The molecule has 2 aromatic rings. The van der Waals surface area contributed by atoms with Crippen molar-refractivity contribution in [3.63, 3.8) is 0 Å². The van der Waals surface area contributed by atoms with Gasteiger partial charge in [0, 0.05) is 18.0 Å². The van der Waals surface area contributed by atoms with E-state index in [1.165, 1.54) is 18.3 Å². The van der Waals surface area contributed by atoms with Gasteiger partial charge in [0.05, 0.1) is 12.5 Å². The Bertz CT molecular complexity index is 1070. The number of nitrogens with zero attached hydrogens (tertiary/aromatic N) is 3. The molecule has 1 N–H and O–H groups in total. The van der Waals surface area contributed by atoms with Crippen molar-refractivity contribution in [2.45, 2.75) is 95.5 Å². The van der Waals surface area contributed by atoms with Crippen LogP contribution in [0.3, 0.4) is 0 Å². The van der Waals surface area contributed by atoms with Crippen molar-refractivity contribution in [3.05, 3.63) is 16.8 Å². The van der Waals surface area contributed by atoms with Crippen LogP contribution in [0.4, 0.5) is 4.79 Å². The lowest BCUT2D eigenvalue weighted by Gasteiger charge is -2.35. The fraction of sp³-hybridized carbons (Fsp3) is 0.680. The van der Waals surface area contributed by atoms with Crippen LogP contribution < -0.4 is 4.74 Å². The number of fused-ring (bicyclic) bond motifs is 3. The highest BCUT2D eigenvalue weighted by atomic mass is 32.1. The second-order valence-electron chi connectivity index (χ2n) is 10.4. The lowest BCUT2D eigenvalue weighted by molar-refractivity contribution is -0.150. The number of aliphatic hydroxyl groups is 1. The van der Waals surface area contributed by atoms with Crippen LogP contribution in [-0.4, -0.2) is 70.0 Å². The lowest BCUT2D eigenvalue weighted by Crippen LogP contribution is -2.43. The summed E-state index contributed by atoms with van der Waals surface area (Å²) in [6.45, 7) is 5.61. The number of carbonyl (C=O) groups excluding carboxylic acids is 2. The molecule has 4 rings (SSSR count). The zero-order chi connectivity index (χ0) is 25.3. The molecule has 2 heterocycles. The van der Waals surface area contributed by atoms with Gasteiger partial charge in [0.15, 0.2) is 6.10 Å². The molecule has 2 aromatic heterocycles. The summed E-state index contributed by atoms with van der Waals surface area (Å²) in [6.07, 6.45) is 5.39. The van der Waals surface area contributed by atoms with Crippen molar-refractivity contribution < 1.29 is 28.9 Å². The standard InChI is InChI=1S/C25H35N3O6S/c1-25(2,3)34-24(31)28(4)15-7-9-16(10-8-15)33-21-20-19-14(12-17(29)23(30)32-5)6-11-18(19)35-22(20)27-13-26-21/h13-17,29H,6-12H2,1-5H3/t14-,15?,16?,17?/m1/s1. The first-order valence-electron chi connectivity index (χ1n) is 12.2. The summed E-state index contributed by atoms with van der Waals surface area (Å²) in [5.74, 6) is -0.0193. The van der Waals surface area contributed by atoms with Crippen LogP contribution in [0.5, 0.6) is 5.88 Å². The molecular weight excluding hydrogens is 470 g/mol. The van der Waals surface area contributed by atoms with Gasteiger partial charge in [0.2, 0.25) is 5.88 Å². The van der Waals surface area contributed by atoms with E-state index in [-0.39, 0.29) is 24.2 Å². The molecule has 0 aromatic carbocycles. The molecule has 0 saturated heterocycles. The van der Waals surface area contributed by atoms with Crippen molar-refractivity contribution >= 4 is 33.6 Å². The van der Waals surface area contributed by atoms with Gasteiger partial charge >= 0.3 is 12.1 Å². The molecule has 2 atom stereocenters. The molecule has 9 nitrogen and oxygen atoms in total. The molecule has 0 spiro atoms. The smallest absolute Gasteiger partial charge is 0.410 e. The highest BCUT2D eigenvalue weighted by Gasteiger charge is 2.35. The zero-order valence-corrected chi connectivity index (χ0v) is 21.9. The molecule has 1 saturated carbocycles. The topological polar surface area (TPSA) is 111 Å². The van der Waals surface area contributed by atoms with Gasteiger partial charge < -0.3 is 24.2 Å². The van der Waals surface area contributed by atoms with Crippen LogP contribution >= 0.6 is 11.3 Å². The average Bonchev–Trinajstić information content (AvgIpc) is 3.37. The third-order valence-electron chi connectivity index (χ3n) is 6.83. The minimum Gasteiger partial charge on any atom is -0.474 e. The van der Waals surface area contributed by atoms with Gasteiger partial charge in [0.25, 0.3) is 0 Å². The largest absolute Gasteiger partial charge is 0.474 e. The van der Waals surface area contributed by atoms with E-state index >= 15 is 0 Å². The molecule has 1 fully saturated rings. The van der Waals surface area contributed by atoms with E-state index in [2.05, 4.69) is 9.97 Å². The Labute approximate surface area is 209 Å². The number of amides is 1. The Balaban J connectivity index is 1.45. The highest BCUT2D eigenvalue weighted by Crippen LogP contribution is 2.47. The maximum Gasteiger partial charge on any atom is 0.410 e. The number of aromatic nitrogens is 2.